The van der Waals surface area contributed by atoms with Gasteiger partial charge in [-0.05, 0) is 42.5 Å². The number of Topliss-reactive ketones (excluding diaryl/α,β-unsaturated/α-hetero) is 1. The molecule has 126 valence electrons. The van der Waals surface area contributed by atoms with E-state index >= 15 is 0 Å². The Bertz CT molecular complexity index is 728. The number of methoxy groups -OCH3 is 2. The van der Waals surface area contributed by atoms with Gasteiger partial charge in [0.25, 0.3) is 0 Å². The smallest absolute Gasteiger partial charge is 0.224 e. The van der Waals surface area contributed by atoms with E-state index in [9.17, 15) is 9.59 Å². The number of anilines is 1. The molecule has 0 atom stereocenters. The zero-order valence-corrected chi connectivity index (χ0v) is 14.2. The summed E-state index contributed by atoms with van der Waals surface area (Å²) in [5, 5.41) is 3.12. The van der Waals surface area contributed by atoms with Crippen molar-refractivity contribution in [3.05, 3.63) is 53.1 Å². The summed E-state index contributed by atoms with van der Waals surface area (Å²) in [6, 6.07) is 11.8. The maximum Gasteiger partial charge on any atom is 0.224 e. The van der Waals surface area contributed by atoms with Crippen molar-refractivity contribution in [1.29, 1.82) is 0 Å². The third kappa shape index (κ3) is 4.73. The molecule has 1 amide bonds. The van der Waals surface area contributed by atoms with Gasteiger partial charge in [0.1, 0.15) is 11.5 Å². The van der Waals surface area contributed by atoms with Gasteiger partial charge in [-0.15, -0.1) is 0 Å². The Labute approximate surface area is 145 Å². The lowest BCUT2D eigenvalue weighted by Crippen LogP contribution is -2.13. The maximum atomic E-state index is 12.1. The van der Waals surface area contributed by atoms with Crippen LogP contribution >= 0.6 is 11.6 Å². The van der Waals surface area contributed by atoms with Gasteiger partial charge in [0.2, 0.25) is 5.91 Å². The number of nitrogens with one attached hydrogen (secondary N) is 1. The highest BCUT2D eigenvalue weighted by Crippen LogP contribution is 2.27. The fourth-order valence-electron chi connectivity index (χ4n) is 2.12. The summed E-state index contributed by atoms with van der Waals surface area (Å²) < 4.78 is 10.1. The average molecular weight is 348 g/mol. The van der Waals surface area contributed by atoms with Crippen molar-refractivity contribution in [3.8, 4) is 11.5 Å². The average Bonchev–Trinajstić information content (AvgIpc) is 2.60. The van der Waals surface area contributed by atoms with Crippen LogP contribution in [0.15, 0.2) is 42.5 Å². The summed E-state index contributed by atoms with van der Waals surface area (Å²) in [5.41, 5.74) is 1.11. The number of ketones is 1. The number of halogens is 1. The lowest BCUT2D eigenvalue weighted by molar-refractivity contribution is -0.116. The summed E-state index contributed by atoms with van der Waals surface area (Å²) in [6.07, 6.45) is 0.219. The predicted molar refractivity (Wildman–Crippen MR) is 93.2 cm³/mol. The standard InChI is InChI=1S/C18H18ClNO4/c1-23-14-6-3-12(4-7-14)16(21)8-10-18(22)20-13-5-9-17(24-2)15(19)11-13/h3-7,9,11H,8,10H2,1-2H3,(H,20,22). The fraction of sp³-hybridized carbons (Fsp3) is 0.222. The SMILES string of the molecule is COc1ccc(C(=O)CCC(=O)Nc2ccc(OC)c(Cl)c2)cc1. The lowest BCUT2D eigenvalue weighted by Gasteiger charge is -2.08. The van der Waals surface area contributed by atoms with Crippen LogP contribution in [0, 0.1) is 0 Å². The van der Waals surface area contributed by atoms with E-state index < -0.39 is 0 Å². The number of amides is 1. The first kappa shape index (κ1) is 17.8. The molecule has 0 aromatic heterocycles. The van der Waals surface area contributed by atoms with Gasteiger partial charge in [0.15, 0.2) is 5.78 Å². The van der Waals surface area contributed by atoms with E-state index in [-0.39, 0.29) is 24.5 Å². The summed E-state index contributed by atoms with van der Waals surface area (Å²) in [5.74, 6) is 0.865. The van der Waals surface area contributed by atoms with Crippen LogP contribution in [0.25, 0.3) is 0 Å². The van der Waals surface area contributed by atoms with Crippen molar-refractivity contribution < 1.29 is 19.1 Å². The maximum absolute atomic E-state index is 12.1. The molecular formula is C18H18ClNO4. The van der Waals surface area contributed by atoms with Crippen molar-refractivity contribution in [2.45, 2.75) is 12.8 Å². The molecule has 6 heteroatoms. The van der Waals surface area contributed by atoms with Gasteiger partial charge in [0.05, 0.1) is 19.2 Å². The quantitative estimate of drug-likeness (QED) is 0.770. The first-order valence-electron chi connectivity index (χ1n) is 7.34. The number of rotatable bonds is 7. The highest BCUT2D eigenvalue weighted by molar-refractivity contribution is 6.32. The van der Waals surface area contributed by atoms with E-state index in [0.29, 0.717) is 27.8 Å². The molecule has 0 unspecified atom stereocenters. The van der Waals surface area contributed by atoms with Crippen LogP contribution in [-0.2, 0) is 4.79 Å². The van der Waals surface area contributed by atoms with Gasteiger partial charge < -0.3 is 14.8 Å². The van der Waals surface area contributed by atoms with Gasteiger partial charge in [-0.1, -0.05) is 11.6 Å². The fourth-order valence-corrected chi connectivity index (χ4v) is 2.37. The summed E-state index contributed by atoms with van der Waals surface area (Å²) in [4.78, 5) is 24.0. The van der Waals surface area contributed by atoms with Gasteiger partial charge in [0, 0.05) is 24.1 Å². The number of carbonyl (C=O) groups is 2. The van der Waals surface area contributed by atoms with E-state index in [0.717, 1.165) is 0 Å². The summed E-state index contributed by atoms with van der Waals surface area (Å²) >= 11 is 6.00. The largest absolute Gasteiger partial charge is 0.497 e. The van der Waals surface area contributed by atoms with Crippen molar-refractivity contribution in [2.75, 3.05) is 19.5 Å². The molecule has 0 radical (unpaired) electrons. The highest BCUT2D eigenvalue weighted by atomic mass is 35.5. The van der Waals surface area contributed by atoms with E-state index in [2.05, 4.69) is 5.32 Å². The molecule has 5 nitrogen and oxygen atoms in total. The highest BCUT2D eigenvalue weighted by Gasteiger charge is 2.10. The molecule has 0 spiro atoms. The monoisotopic (exact) mass is 347 g/mol. The van der Waals surface area contributed by atoms with E-state index in [1.165, 1.54) is 7.11 Å². The zero-order valence-electron chi connectivity index (χ0n) is 13.5. The molecule has 0 aliphatic rings. The van der Waals surface area contributed by atoms with E-state index in [4.69, 9.17) is 21.1 Å². The Morgan fingerprint density at radius 2 is 1.71 bits per heavy atom. The third-order valence-electron chi connectivity index (χ3n) is 3.43. The zero-order chi connectivity index (χ0) is 17.5. The van der Waals surface area contributed by atoms with Crippen LogP contribution in [0.3, 0.4) is 0 Å². The molecule has 1 N–H and O–H groups in total. The second kappa shape index (κ2) is 8.36. The first-order valence-corrected chi connectivity index (χ1v) is 7.72. The topological polar surface area (TPSA) is 64.6 Å². The molecule has 0 saturated carbocycles. The Morgan fingerprint density at radius 3 is 2.29 bits per heavy atom. The third-order valence-corrected chi connectivity index (χ3v) is 3.72. The molecule has 0 heterocycles. The summed E-state index contributed by atoms with van der Waals surface area (Å²) in [6.45, 7) is 0. The van der Waals surface area contributed by atoms with Gasteiger partial charge in [-0.2, -0.15) is 0 Å². The van der Waals surface area contributed by atoms with Crippen LogP contribution in [0.2, 0.25) is 5.02 Å². The van der Waals surface area contributed by atoms with Gasteiger partial charge in [-0.3, -0.25) is 9.59 Å². The number of hydrogen-bond acceptors (Lipinski definition) is 4. The van der Waals surface area contributed by atoms with Crippen LogP contribution in [0.4, 0.5) is 5.69 Å². The molecule has 2 rings (SSSR count). The van der Waals surface area contributed by atoms with Gasteiger partial charge >= 0.3 is 0 Å². The Balaban J connectivity index is 1.88. The lowest BCUT2D eigenvalue weighted by atomic mass is 10.1. The molecule has 0 aliphatic carbocycles. The van der Waals surface area contributed by atoms with Crippen LogP contribution in [-0.4, -0.2) is 25.9 Å². The Kier molecular flexibility index (Phi) is 6.21. The minimum Gasteiger partial charge on any atom is -0.497 e. The number of hydrogen-bond donors (Lipinski definition) is 1. The molecule has 24 heavy (non-hydrogen) atoms. The number of carbonyl (C=O) groups excluding carboxylic acids is 2. The Hall–Kier alpha value is -2.53. The van der Waals surface area contributed by atoms with Crippen molar-refractivity contribution >= 4 is 29.0 Å². The van der Waals surface area contributed by atoms with Crippen molar-refractivity contribution in [2.24, 2.45) is 0 Å². The number of benzene rings is 2. The molecule has 2 aromatic rings. The van der Waals surface area contributed by atoms with E-state index in [1.54, 1.807) is 49.6 Å². The summed E-state index contributed by atoms with van der Waals surface area (Å²) in [7, 11) is 3.08. The second-order valence-corrected chi connectivity index (χ2v) is 5.46. The second-order valence-electron chi connectivity index (χ2n) is 5.05. The molecule has 0 aliphatic heterocycles. The predicted octanol–water partition coefficient (Wildman–Crippen LogP) is 3.96. The first-order chi connectivity index (χ1) is 11.5. The minimum atomic E-state index is -0.252. The van der Waals surface area contributed by atoms with Crippen molar-refractivity contribution in [3.63, 3.8) is 0 Å². The molecule has 2 aromatic carbocycles. The molecule has 0 bridgehead atoms. The van der Waals surface area contributed by atoms with Crippen LogP contribution in [0.1, 0.15) is 23.2 Å². The normalized spacial score (nSPS) is 10.1. The van der Waals surface area contributed by atoms with Crippen LogP contribution in [0.5, 0.6) is 11.5 Å². The number of ether oxygens (including phenoxy) is 2. The van der Waals surface area contributed by atoms with Gasteiger partial charge in [-0.25, -0.2) is 0 Å². The van der Waals surface area contributed by atoms with Crippen molar-refractivity contribution in [1.82, 2.24) is 0 Å². The van der Waals surface area contributed by atoms with E-state index in [1.807, 2.05) is 0 Å². The Morgan fingerprint density at radius 1 is 1.00 bits per heavy atom. The molecule has 0 fully saturated rings. The minimum absolute atomic E-state index is 0.0918. The molecular weight excluding hydrogens is 330 g/mol. The molecule has 0 saturated heterocycles. The van der Waals surface area contributed by atoms with Crippen LogP contribution < -0.4 is 14.8 Å².